The van der Waals surface area contributed by atoms with Crippen molar-refractivity contribution in [2.75, 3.05) is 31.1 Å². The molecule has 0 atom stereocenters. The van der Waals surface area contributed by atoms with E-state index in [9.17, 15) is 0 Å². The van der Waals surface area contributed by atoms with Crippen LogP contribution in [0, 0.1) is 11.3 Å². The van der Waals surface area contributed by atoms with Crippen LogP contribution in [0.1, 0.15) is 5.56 Å². The minimum atomic E-state index is 0.609. The SMILES string of the molecule is N#Cc1cnc2cc(N3CCNCC3)ccc2c1. The normalized spacial score (nSPS) is 15.6. The zero-order valence-corrected chi connectivity index (χ0v) is 10.1. The van der Waals surface area contributed by atoms with Crippen LogP contribution in [-0.2, 0) is 0 Å². The molecule has 18 heavy (non-hydrogen) atoms. The fourth-order valence-corrected chi connectivity index (χ4v) is 2.29. The van der Waals surface area contributed by atoms with E-state index in [0.717, 1.165) is 37.1 Å². The van der Waals surface area contributed by atoms with E-state index < -0.39 is 0 Å². The minimum absolute atomic E-state index is 0.609. The van der Waals surface area contributed by atoms with Crippen LogP contribution < -0.4 is 10.2 Å². The molecule has 90 valence electrons. The van der Waals surface area contributed by atoms with Crippen LogP contribution in [0.25, 0.3) is 10.9 Å². The van der Waals surface area contributed by atoms with Gasteiger partial charge in [0.1, 0.15) is 6.07 Å². The maximum absolute atomic E-state index is 8.85. The lowest BCUT2D eigenvalue weighted by molar-refractivity contribution is 0.589. The van der Waals surface area contributed by atoms with Crippen LogP contribution in [-0.4, -0.2) is 31.2 Å². The quantitative estimate of drug-likeness (QED) is 0.818. The summed E-state index contributed by atoms with van der Waals surface area (Å²) >= 11 is 0. The van der Waals surface area contributed by atoms with Crippen molar-refractivity contribution < 1.29 is 0 Å². The second kappa shape index (κ2) is 4.63. The molecule has 1 aromatic heterocycles. The zero-order chi connectivity index (χ0) is 12.4. The Labute approximate surface area is 106 Å². The molecule has 0 saturated carbocycles. The van der Waals surface area contributed by atoms with Crippen LogP contribution in [0.5, 0.6) is 0 Å². The minimum Gasteiger partial charge on any atom is -0.369 e. The maximum Gasteiger partial charge on any atom is 0.101 e. The van der Waals surface area contributed by atoms with Crippen LogP contribution in [0.4, 0.5) is 5.69 Å². The van der Waals surface area contributed by atoms with Gasteiger partial charge < -0.3 is 10.2 Å². The number of benzene rings is 1. The third-order valence-corrected chi connectivity index (χ3v) is 3.28. The monoisotopic (exact) mass is 238 g/mol. The van der Waals surface area contributed by atoms with E-state index in [2.05, 4.69) is 33.4 Å². The summed E-state index contributed by atoms with van der Waals surface area (Å²) in [6, 6.07) is 10.2. The first-order chi connectivity index (χ1) is 8.86. The summed E-state index contributed by atoms with van der Waals surface area (Å²) < 4.78 is 0. The standard InChI is InChI=1S/C14H14N4/c15-9-11-7-12-1-2-13(8-14(12)17-10-11)18-5-3-16-4-6-18/h1-2,7-8,10,16H,3-6H2. The molecule has 1 aliphatic rings. The van der Waals surface area contributed by atoms with E-state index in [1.807, 2.05) is 12.1 Å². The molecular weight excluding hydrogens is 224 g/mol. The number of rotatable bonds is 1. The molecule has 0 spiro atoms. The predicted octanol–water partition coefficient (Wildman–Crippen LogP) is 1.52. The van der Waals surface area contributed by atoms with E-state index in [1.165, 1.54) is 5.69 Å². The molecule has 1 aromatic carbocycles. The number of aromatic nitrogens is 1. The van der Waals surface area contributed by atoms with Gasteiger partial charge >= 0.3 is 0 Å². The second-order valence-corrected chi connectivity index (χ2v) is 4.45. The van der Waals surface area contributed by atoms with Crippen LogP contribution in [0.2, 0.25) is 0 Å². The van der Waals surface area contributed by atoms with Crippen molar-refractivity contribution in [1.82, 2.24) is 10.3 Å². The molecular formula is C14H14N4. The molecule has 0 radical (unpaired) electrons. The smallest absolute Gasteiger partial charge is 0.101 e. The van der Waals surface area contributed by atoms with Gasteiger partial charge in [-0.15, -0.1) is 0 Å². The summed E-state index contributed by atoms with van der Waals surface area (Å²) in [6.07, 6.45) is 1.63. The molecule has 0 bridgehead atoms. The molecule has 0 unspecified atom stereocenters. The summed E-state index contributed by atoms with van der Waals surface area (Å²) in [5.41, 5.74) is 2.77. The van der Waals surface area contributed by atoms with E-state index in [0.29, 0.717) is 5.56 Å². The highest BCUT2D eigenvalue weighted by Gasteiger charge is 2.10. The Hall–Kier alpha value is -2.12. The number of nitrogens with one attached hydrogen (secondary N) is 1. The number of piperazine rings is 1. The molecule has 1 aliphatic heterocycles. The van der Waals surface area contributed by atoms with E-state index in [4.69, 9.17) is 5.26 Å². The molecule has 4 heteroatoms. The molecule has 2 heterocycles. The number of nitrogens with zero attached hydrogens (tertiary/aromatic N) is 3. The Kier molecular flexibility index (Phi) is 2.83. The summed E-state index contributed by atoms with van der Waals surface area (Å²) in [6.45, 7) is 4.11. The molecule has 1 N–H and O–H groups in total. The van der Waals surface area contributed by atoms with Gasteiger partial charge in [-0.25, -0.2) is 0 Å². The summed E-state index contributed by atoms with van der Waals surface area (Å²) in [4.78, 5) is 6.70. The van der Waals surface area contributed by atoms with Crippen molar-refractivity contribution in [1.29, 1.82) is 5.26 Å². The summed E-state index contributed by atoms with van der Waals surface area (Å²) in [5, 5.41) is 13.2. The van der Waals surface area contributed by atoms with Crippen molar-refractivity contribution in [2.45, 2.75) is 0 Å². The lowest BCUT2D eigenvalue weighted by Gasteiger charge is -2.29. The van der Waals surface area contributed by atoms with Crippen molar-refractivity contribution in [2.24, 2.45) is 0 Å². The summed E-state index contributed by atoms with van der Waals surface area (Å²) in [5.74, 6) is 0. The first kappa shape index (κ1) is 11.0. The molecule has 1 fully saturated rings. The van der Waals surface area contributed by atoms with Crippen molar-refractivity contribution >= 4 is 16.6 Å². The molecule has 0 aliphatic carbocycles. The number of fused-ring (bicyclic) bond motifs is 1. The highest BCUT2D eigenvalue weighted by atomic mass is 15.2. The average Bonchev–Trinajstić information content (AvgIpc) is 2.47. The molecule has 4 nitrogen and oxygen atoms in total. The Morgan fingerprint density at radius 2 is 2.06 bits per heavy atom. The molecule has 2 aromatic rings. The van der Waals surface area contributed by atoms with Crippen LogP contribution in [0.3, 0.4) is 0 Å². The van der Waals surface area contributed by atoms with Gasteiger partial charge in [-0.05, 0) is 18.2 Å². The Morgan fingerprint density at radius 1 is 1.22 bits per heavy atom. The fraction of sp³-hybridized carbons (Fsp3) is 0.286. The van der Waals surface area contributed by atoms with E-state index in [1.54, 1.807) is 6.20 Å². The number of hydrogen-bond acceptors (Lipinski definition) is 4. The van der Waals surface area contributed by atoms with Gasteiger partial charge in [0, 0.05) is 43.4 Å². The number of anilines is 1. The average molecular weight is 238 g/mol. The first-order valence-electron chi connectivity index (χ1n) is 6.12. The van der Waals surface area contributed by atoms with Gasteiger partial charge in [-0.2, -0.15) is 5.26 Å². The van der Waals surface area contributed by atoms with E-state index in [-0.39, 0.29) is 0 Å². The van der Waals surface area contributed by atoms with Crippen LogP contribution >= 0.6 is 0 Å². The third-order valence-electron chi connectivity index (χ3n) is 3.28. The summed E-state index contributed by atoms with van der Waals surface area (Å²) in [7, 11) is 0. The molecule has 1 saturated heterocycles. The fourth-order valence-electron chi connectivity index (χ4n) is 2.29. The van der Waals surface area contributed by atoms with Gasteiger partial charge in [-0.3, -0.25) is 4.98 Å². The third kappa shape index (κ3) is 2.01. The number of pyridine rings is 1. The largest absolute Gasteiger partial charge is 0.369 e. The Bertz CT molecular complexity index is 609. The van der Waals surface area contributed by atoms with Gasteiger partial charge in [-0.1, -0.05) is 6.07 Å². The van der Waals surface area contributed by atoms with Crippen molar-refractivity contribution in [3.8, 4) is 6.07 Å². The second-order valence-electron chi connectivity index (χ2n) is 4.45. The highest BCUT2D eigenvalue weighted by Crippen LogP contribution is 2.21. The lowest BCUT2D eigenvalue weighted by Crippen LogP contribution is -2.43. The highest BCUT2D eigenvalue weighted by molar-refractivity contribution is 5.83. The first-order valence-corrected chi connectivity index (χ1v) is 6.12. The number of hydrogen-bond donors (Lipinski definition) is 1. The molecule has 3 rings (SSSR count). The van der Waals surface area contributed by atoms with Gasteiger partial charge in [0.2, 0.25) is 0 Å². The van der Waals surface area contributed by atoms with Gasteiger partial charge in [0.05, 0.1) is 11.1 Å². The number of nitriles is 1. The van der Waals surface area contributed by atoms with Crippen molar-refractivity contribution in [3.05, 3.63) is 36.0 Å². The Morgan fingerprint density at radius 3 is 2.83 bits per heavy atom. The topological polar surface area (TPSA) is 52.0 Å². The maximum atomic E-state index is 8.85. The van der Waals surface area contributed by atoms with Gasteiger partial charge in [0.25, 0.3) is 0 Å². The molecule has 0 amide bonds. The zero-order valence-electron chi connectivity index (χ0n) is 10.1. The van der Waals surface area contributed by atoms with E-state index >= 15 is 0 Å². The van der Waals surface area contributed by atoms with Crippen LogP contribution in [0.15, 0.2) is 30.5 Å². The Balaban J connectivity index is 1.98. The van der Waals surface area contributed by atoms with Crippen molar-refractivity contribution in [3.63, 3.8) is 0 Å². The lowest BCUT2D eigenvalue weighted by atomic mass is 10.1. The predicted molar refractivity (Wildman–Crippen MR) is 71.5 cm³/mol. The van der Waals surface area contributed by atoms with Gasteiger partial charge in [0.15, 0.2) is 0 Å².